The number of carbonyl (C=O) groups is 3. The van der Waals surface area contributed by atoms with Crippen molar-refractivity contribution in [1.82, 2.24) is 0 Å². The van der Waals surface area contributed by atoms with Gasteiger partial charge in [-0.3, -0.25) is 4.79 Å². The summed E-state index contributed by atoms with van der Waals surface area (Å²) >= 11 is 0. The molecule has 0 bridgehead atoms. The third-order valence-electron chi connectivity index (χ3n) is 3.23. The first-order valence-electron chi connectivity index (χ1n) is 6.96. The van der Waals surface area contributed by atoms with E-state index >= 15 is 0 Å². The highest BCUT2D eigenvalue weighted by atomic mass is 16.6. The Hall–Kier alpha value is -1.85. The van der Waals surface area contributed by atoms with E-state index in [4.69, 9.17) is 14.2 Å². The number of esters is 3. The number of unbranched alkanes of at least 4 members (excludes halogenated alkanes) is 1. The predicted molar refractivity (Wildman–Crippen MR) is 74.2 cm³/mol. The van der Waals surface area contributed by atoms with E-state index in [2.05, 4.69) is 6.58 Å². The van der Waals surface area contributed by atoms with Gasteiger partial charge in [-0.05, 0) is 27.2 Å². The van der Waals surface area contributed by atoms with Crippen molar-refractivity contribution >= 4 is 17.9 Å². The van der Waals surface area contributed by atoms with Gasteiger partial charge in [0.05, 0.1) is 6.61 Å². The summed E-state index contributed by atoms with van der Waals surface area (Å²) in [6.45, 7) is 10.3. The van der Waals surface area contributed by atoms with Crippen LogP contribution in [0.25, 0.3) is 0 Å². The number of carbonyl (C=O) groups excluding carboxylic acids is 3. The molecule has 0 amide bonds. The normalized spacial score (nSPS) is 23.3. The summed E-state index contributed by atoms with van der Waals surface area (Å²) in [5.74, 6) is -3.06. The van der Waals surface area contributed by atoms with E-state index in [-0.39, 0.29) is 12.2 Å². The Labute approximate surface area is 124 Å². The van der Waals surface area contributed by atoms with Crippen molar-refractivity contribution in [3.63, 3.8) is 0 Å². The predicted octanol–water partition coefficient (Wildman–Crippen LogP) is 1.77. The molecular formula is C15H22O6. The lowest BCUT2D eigenvalue weighted by molar-refractivity contribution is -0.163. The van der Waals surface area contributed by atoms with Crippen molar-refractivity contribution in [1.29, 1.82) is 0 Å². The first-order chi connectivity index (χ1) is 9.70. The van der Waals surface area contributed by atoms with Crippen LogP contribution < -0.4 is 0 Å². The molecule has 2 unspecified atom stereocenters. The molecular weight excluding hydrogens is 276 g/mol. The molecule has 0 radical (unpaired) electrons. The smallest absolute Gasteiger partial charge is 0.349 e. The van der Waals surface area contributed by atoms with Gasteiger partial charge in [-0.2, -0.15) is 0 Å². The lowest BCUT2D eigenvalue weighted by Crippen LogP contribution is -2.42. The van der Waals surface area contributed by atoms with Gasteiger partial charge < -0.3 is 14.2 Å². The first kappa shape index (κ1) is 17.2. The fourth-order valence-corrected chi connectivity index (χ4v) is 2.03. The summed E-state index contributed by atoms with van der Waals surface area (Å²) in [5, 5.41) is 0. The van der Waals surface area contributed by atoms with Gasteiger partial charge in [0.25, 0.3) is 0 Å². The SMILES string of the molecule is C=C(C)C(=O)OC1C(=O)OC(C)(C)C1C(=O)OCCCC. The fourth-order valence-electron chi connectivity index (χ4n) is 2.03. The van der Waals surface area contributed by atoms with Crippen molar-refractivity contribution in [2.75, 3.05) is 6.61 Å². The number of rotatable bonds is 6. The van der Waals surface area contributed by atoms with Crippen molar-refractivity contribution in [2.24, 2.45) is 5.92 Å². The van der Waals surface area contributed by atoms with Crippen LogP contribution >= 0.6 is 0 Å². The minimum absolute atomic E-state index is 0.144. The van der Waals surface area contributed by atoms with Gasteiger partial charge in [-0.1, -0.05) is 19.9 Å². The summed E-state index contributed by atoms with van der Waals surface area (Å²) in [4.78, 5) is 35.6. The van der Waals surface area contributed by atoms with Crippen LogP contribution in [0.4, 0.5) is 0 Å². The molecule has 0 aliphatic carbocycles. The number of hydrogen-bond donors (Lipinski definition) is 0. The van der Waals surface area contributed by atoms with Crippen LogP contribution in [0.15, 0.2) is 12.2 Å². The molecule has 1 saturated heterocycles. The van der Waals surface area contributed by atoms with E-state index in [1.807, 2.05) is 6.92 Å². The van der Waals surface area contributed by atoms with E-state index in [1.54, 1.807) is 13.8 Å². The summed E-state index contributed by atoms with van der Waals surface area (Å²) < 4.78 is 15.3. The van der Waals surface area contributed by atoms with Gasteiger partial charge in [0.15, 0.2) is 0 Å². The molecule has 0 aromatic carbocycles. The van der Waals surface area contributed by atoms with Crippen LogP contribution in [0.5, 0.6) is 0 Å². The largest absolute Gasteiger partial charge is 0.465 e. The van der Waals surface area contributed by atoms with Crippen LogP contribution in [0.1, 0.15) is 40.5 Å². The van der Waals surface area contributed by atoms with E-state index in [0.29, 0.717) is 0 Å². The quantitative estimate of drug-likeness (QED) is 0.322. The third kappa shape index (κ3) is 4.06. The van der Waals surface area contributed by atoms with Crippen molar-refractivity contribution in [2.45, 2.75) is 52.2 Å². The van der Waals surface area contributed by atoms with Gasteiger partial charge in [-0.25, -0.2) is 9.59 Å². The van der Waals surface area contributed by atoms with Crippen molar-refractivity contribution in [3.05, 3.63) is 12.2 Å². The Morgan fingerprint density at radius 1 is 1.38 bits per heavy atom. The summed E-state index contributed by atoms with van der Waals surface area (Å²) in [5.41, 5.74) is -0.939. The summed E-state index contributed by atoms with van der Waals surface area (Å²) in [6, 6.07) is 0. The molecule has 6 nitrogen and oxygen atoms in total. The Morgan fingerprint density at radius 2 is 2.00 bits per heavy atom. The molecule has 118 valence electrons. The van der Waals surface area contributed by atoms with Gasteiger partial charge >= 0.3 is 17.9 Å². The zero-order chi connectivity index (χ0) is 16.2. The molecule has 1 rings (SSSR count). The van der Waals surface area contributed by atoms with E-state index in [1.165, 1.54) is 6.92 Å². The Balaban J connectivity index is 2.87. The lowest BCUT2D eigenvalue weighted by Gasteiger charge is -2.24. The maximum Gasteiger partial charge on any atom is 0.349 e. The minimum Gasteiger partial charge on any atom is -0.465 e. The first-order valence-corrected chi connectivity index (χ1v) is 6.96. The molecule has 0 aromatic rings. The number of hydrogen-bond acceptors (Lipinski definition) is 6. The van der Waals surface area contributed by atoms with Crippen LogP contribution in [-0.2, 0) is 28.6 Å². The maximum absolute atomic E-state index is 12.2. The zero-order valence-corrected chi connectivity index (χ0v) is 12.9. The monoisotopic (exact) mass is 298 g/mol. The van der Waals surface area contributed by atoms with Gasteiger partial charge in [0, 0.05) is 5.57 Å². The molecule has 1 aliphatic heterocycles. The number of ether oxygens (including phenoxy) is 3. The van der Waals surface area contributed by atoms with Gasteiger partial charge in [0.1, 0.15) is 11.5 Å². The minimum atomic E-state index is -1.29. The van der Waals surface area contributed by atoms with Crippen LogP contribution in [0.2, 0.25) is 0 Å². The average molecular weight is 298 g/mol. The zero-order valence-electron chi connectivity index (χ0n) is 12.9. The molecule has 0 aromatic heterocycles. The average Bonchev–Trinajstić information content (AvgIpc) is 2.58. The molecule has 21 heavy (non-hydrogen) atoms. The lowest BCUT2D eigenvalue weighted by atomic mass is 9.89. The molecule has 6 heteroatoms. The molecule has 0 N–H and O–H groups in total. The molecule has 1 aliphatic rings. The van der Waals surface area contributed by atoms with Crippen LogP contribution in [0.3, 0.4) is 0 Å². The summed E-state index contributed by atoms with van der Waals surface area (Å²) in [7, 11) is 0. The fraction of sp³-hybridized carbons (Fsp3) is 0.667. The summed E-state index contributed by atoms with van der Waals surface area (Å²) in [6.07, 6.45) is 0.313. The standard InChI is InChI=1S/C15H22O6/c1-6-7-8-19-13(17)10-11(20-12(16)9(2)3)14(18)21-15(10,4)5/h10-11H,2,6-8H2,1,3-5H3. The second kappa shape index (κ2) is 6.74. The topological polar surface area (TPSA) is 78.9 Å². The highest BCUT2D eigenvalue weighted by Gasteiger charge is 2.57. The molecule has 1 heterocycles. The van der Waals surface area contributed by atoms with Crippen molar-refractivity contribution in [3.8, 4) is 0 Å². The maximum atomic E-state index is 12.2. The van der Waals surface area contributed by atoms with E-state index < -0.39 is 35.5 Å². The van der Waals surface area contributed by atoms with E-state index in [0.717, 1.165) is 12.8 Å². The Bertz CT molecular complexity index is 451. The molecule has 1 fully saturated rings. The van der Waals surface area contributed by atoms with E-state index in [9.17, 15) is 14.4 Å². The van der Waals surface area contributed by atoms with Gasteiger partial charge in [0.2, 0.25) is 6.10 Å². The molecule has 0 spiro atoms. The van der Waals surface area contributed by atoms with Crippen LogP contribution in [0, 0.1) is 5.92 Å². The molecule has 2 atom stereocenters. The second-order valence-corrected chi connectivity index (χ2v) is 5.63. The highest BCUT2D eigenvalue weighted by Crippen LogP contribution is 2.35. The van der Waals surface area contributed by atoms with Crippen molar-refractivity contribution < 1.29 is 28.6 Å². The number of cyclic esters (lactones) is 1. The molecule has 0 saturated carbocycles. The Kier molecular flexibility index (Phi) is 5.52. The highest BCUT2D eigenvalue weighted by molar-refractivity contribution is 5.93. The van der Waals surface area contributed by atoms with Crippen LogP contribution in [-0.4, -0.2) is 36.2 Å². The Morgan fingerprint density at radius 3 is 2.52 bits per heavy atom. The second-order valence-electron chi connectivity index (χ2n) is 5.63. The van der Waals surface area contributed by atoms with Gasteiger partial charge in [-0.15, -0.1) is 0 Å². The third-order valence-corrected chi connectivity index (χ3v) is 3.23.